The summed E-state index contributed by atoms with van der Waals surface area (Å²) in [7, 11) is 0. The van der Waals surface area contributed by atoms with Crippen LogP contribution < -0.4 is 10.6 Å². The molecule has 0 bridgehead atoms. The molecular formula is C11H15N3O5. The molecule has 2 fully saturated rings. The maximum atomic E-state index is 11.9. The Morgan fingerprint density at radius 3 is 2.47 bits per heavy atom. The van der Waals surface area contributed by atoms with Crippen molar-refractivity contribution in [3.05, 3.63) is 0 Å². The zero-order chi connectivity index (χ0) is 14.2. The number of urea groups is 1. The minimum atomic E-state index is -1.21. The van der Waals surface area contributed by atoms with Crippen LogP contribution in [0.4, 0.5) is 4.79 Å². The van der Waals surface area contributed by atoms with E-state index in [4.69, 9.17) is 5.11 Å². The lowest BCUT2D eigenvalue weighted by Gasteiger charge is -2.46. The number of nitrogens with one attached hydrogen (secondary N) is 2. The van der Waals surface area contributed by atoms with Gasteiger partial charge in [0.1, 0.15) is 5.54 Å². The number of carbonyl (C=O) groups is 4. The van der Waals surface area contributed by atoms with Crippen LogP contribution in [0.1, 0.15) is 19.8 Å². The highest BCUT2D eigenvalue weighted by Gasteiger charge is 2.55. The molecule has 2 aliphatic rings. The third-order valence-electron chi connectivity index (χ3n) is 3.73. The van der Waals surface area contributed by atoms with Crippen molar-refractivity contribution in [3.63, 3.8) is 0 Å². The number of rotatable bonds is 4. The molecule has 8 heteroatoms. The second kappa shape index (κ2) is 4.52. The van der Waals surface area contributed by atoms with Gasteiger partial charge in [0, 0.05) is 32.4 Å². The SMILES string of the molecule is CC(=O)N1CC(C2(CCC(=O)O)NC(=O)NC2=O)C1. The van der Waals surface area contributed by atoms with Crippen LogP contribution in [0.3, 0.4) is 0 Å². The molecule has 104 valence electrons. The van der Waals surface area contributed by atoms with E-state index in [-0.39, 0.29) is 24.7 Å². The molecule has 2 heterocycles. The van der Waals surface area contributed by atoms with Crippen molar-refractivity contribution in [2.75, 3.05) is 13.1 Å². The fourth-order valence-electron chi connectivity index (χ4n) is 2.52. The highest BCUT2D eigenvalue weighted by molar-refractivity contribution is 6.07. The molecule has 0 aromatic carbocycles. The maximum absolute atomic E-state index is 11.9. The molecule has 4 amide bonds. The Labute approximate surface area is 109 Å². The summed E-state index contributed by atoms with van der Waals surface area (Å²) in [6.45, 7) is 2.12. The van der Waals surface area contributed by atoms with Gasteiger partial charge in [-0.25, -0.2) is 4.79 Å². The van der Waals surface area contributed by atoms with Crippen molar-refractivity contribution in [1.82, 2.24) is 15.5 Å². The molecule has 0 aliphatic carbocycles. The first-order valence-electron chi connectivity index (χ1n) is 5.96. The third-order valence-corrected chi connectivity index (χ3v) is 3.73. The topological polar surface area (TPSA) is 116 Å². The predicted octanol–water partition coefficient (Wildman–Crippen LogP) is -1.09. The molecule has 0 saturated carbocycles. The Kier molecular flexibility index (Phi) is 3.17. The Hall–Kier alpha value is -2.12. The molecule has 0 radical (unpaired) electrons. The highest BCUT2D eigenvalue weighted by Crippen LogP contribution is 2.33. The summed E-state index contributed by atoms with van der Waals surface area (Å²) in [5, 5.41) is 13.4. The van der Waals surface area contributed by atoms with Crippen molar-refractivity contribution in [2.45, 2.75) is 25.3 Å². The highest BCUT2D eigenvalue weighted by atomic mass is 16.4. The van der Waals surface area contributed by atoms with Crippen LogP contribution in [0.2, 0.25) is 0 Å². The first-order chi connectivity index (χ1) is 8.85. The number of carbonyl (C=O) groups excluding carboxylic acids is 3. The van der Waals surface area contributed by atoms with Crippen molar-refractivity contribution in [3.8, 4) is 0 Å². The normalized spacial score (nSPS) is 26.7. The Morgan fingerprint density at radius 1 is 1.42 bits per heavy atom. The predicted molar refractivity (Wildman–Crippen MR) is 62.0 cm³/mol. The number of likely N-dealkylation sites (tertiary alicyclic amines) is 1. The van der Waals surface area contributed by atoms with Crippen molar-refractivity contribution >= 4 is 23.8 Å². The van der Waals surface area contributed by atoms with Crippen LogP contribution in [0.25, 0.3) is 0 Å². The number of hydrogen-bond acceptors (Lipinski definition) is 4. The number of amides is 4. The molecule has 0 spiro atoms. The third kappa shape index (κ3) is 2.25. The minimum Gasteiger partial charge on any atom is -0.481 e. The van der Waals surface area contributed by atoms with E-state index in [0.717, 1.165) is 0 Å². The summed E-state index contributed by atoms with van der Waals surface area (Å²) in [6, 6.07) is -0.614. The van der Waals surface area contributed by atoms with E-state index in [2.05, 4.69) is 10.6 Å². The monoisotopic (exact) mass is 269 g/mol. The number of carboxylic acids is 1. The average molecular weight is 269 g/mol. The molecule has 19 heavy (non-hydrogen) atoms. The lowest BCUT2D eigenvalue weighted by atomic mass is 9.75. The van der Waals surface area contributed by atoms with Gasteiger partial charge in [-0.05, 0) is 6.42 Å². The molecule has 2 rings (SSSR count). The van der Waals surface area contributed by atoms with Gasteiger partial charge in [0.2, 0.25) is 5.91 Å². The van der Waals surface area contributed by atoms with Crippen LogP contribution in [0.5, 0.6) is 0 Å². The molecule has 1 atom stereocenters. The molecule has 2 saturated heterocycles. The lowest BCUT2D eigenvalue weighted by molar-refractivity contribution is -0.144. The number of aliphatic carboxylic acids is 1. The van der Waals surface area contributed by atoms with Gasteiger partial charge < -0.3 is 15.3 Å². The molecule has 3 N–H and O–H groups in total. The van der Waals surface area contributed by atoms with Gasteiger partial charge in [-0.2, -0.15) is 0 Å². The fourth-order valence-corrected chi connectivity index (χ4v) is 2.52. The largest absolute Gasteiger partial charge is 0.481 e. The summed E-state index contributed by atoms with van der Waals surface area (Å²) < 4.78 is 0. The molecule has 0 aromatic rings. The second-order valence-electron chi connectivity index (χ2n) is 4.89. The van der Waals surface area contributed by atoms with E-state index < -0.39 is 23.4 Å². The van der Waals surface area contributed by atoms with Crippen LogP contribution >= 0.6 is 0 Å². The van der Waals surface area contributed by atoms with E-state index in [9.17, 15) is 19.2 Å². The zero-order valence-electron chi connectivity index (χ0n) is 10.4. The molecule has 8 nitrogen and oxygen atoms in total. The van der Waals surface area contributed by atoms with Crippen molar-refractivity contribution in [1.29, 1.82) is 0 Å². The van der Waals surface area contributed by atoms with E-state index in [1.165, 1.54) is 6.92 Å². The zero-order valence-corrected chi connectivity index (χ0v) is 10.4. The van der Waals surface area contributed by atoms with E-state index in [1.807, 2.05) is 0 Å². The van der Waals surface area contributed by atoms with Crippen LogP contribution in [-0.4, -0.2) is 52.4 Å². The van der Waals surface area contributed by atoms with Gasteiger partial charge >= 0.3 is 12.0 Å². The van der Waals surface area contributed by atoms with Crippen molar-refractivity contribution in [2.24, 2.45) is 5.92 Å². The number of imide groups is 1. The smallest absolute Gasteiger partial charge is 0.322 e. The van der Waals surface area contributed by atoms with E-state index in [1.54, 1.807) is 4.90 Å². The summed E-state index contributed by atoms with van der Waals surface area (Å²) in [5.74, 6) is -1.89. The summed E-state index contributed by atoms with van der Waals surface area (Å²) >= 11 is 0. The summed E-state index contributed by atoms with van der Waals surface area (Å²) in [4.78, 5) is 46.6. The van der Waals surface area contributed by atoms with Gasteiger partial charge in [0.05, 0.1) is 0 Å². The van der Waals surface area contributed by atoms with Gasteiger partial charge in [-0.15, -0.1) is 0 Å². The first-order valence-corrected chi connectivity index (χ1v) is 5.96. The van der Waals surface area contributed by atoms with Crippen molar-refractivity contribution < 1.29 is 24.3 Å². The minimum absolute atomic E-state index is 0.0241. The molecule has 0 aromatic heterocycles. The van der Waals surface area contributed by atoms with Crippen LogP contribution in [-0.2, 0) is 14.4 Å². The molecular weight excluding hydrogens is 254 g/mol. The number of hydrogen-bond donors (Lipinski definition) is 3. The Bertz CT molecular complexity index is 457. The van der Waals surface area contributed by atoms with Crippen LogP contribution in [0, 0.1) is 5.92 Å². The summed E-state index contributed by atoms with van der Waals surface area (Å²) in [6.07, 6.45) is -0.194. The summed E-state index contributed by atoms with van der Waals surface area (Å²) in [5.41, 5.74) is -1.21. The van der Waals surface area contributed by atoms with Gasteiger partial charge in [-0.1, -0.05) is 0 Å². The van der Waals surface area contributed by atoms with Gasteiger partial charge in [0.25, 0.3) is 5.91 Å². The number of carboxylic acid groups (broad SMARTS) is 1. The second-order valence-corrected chi connectivity index (χ2v) is 4.89. The standard InChI is InChI=1S/C11H15N3O5/c1-6(15)14-4-7(5-14)11(3-2-8(16)17)9(18)12-10(19)13-11/h7H,2-5H2,1H3,(H,16,17)(H2,12,13,18,19). The Morgan fingerprint density at radius 2 is 2.05 bits per heavy atom. The van der Waals surface area contributed by atoms with E-state index >= 15 is 0 Å². The first kappa shape index (κ1) is 13.3. The Balaban J connectivity index is 2.12. The van der Waals surface area contributed by atoms with E-state index in [0.29, 0.717) is 13.1 Å². The fraction of sp³-hybridized carbons (Fsp3) is 0.636. The quantitative estimate of drug-likeness (QED) is 0.561. The van der Waals surface area contributed by atoms with Gasteiger partial charge in [0.15, 0.2) is 0 Å². The average Bonchev–Trinajstić information content (AvgIpc) is 2.49. The molecule has 2 aliphatic heterocycles. The van der Waals surface area contributed by atoms with Gasteiger partial charge in [-0.3, -0.25) is 19.7 Å². The maximum Gasteiger partial charge on any atom is 0.322 e. The number of nitrogens with zero attached hydrogens (tertiary/aromatic N) is 1. The van der Waals surface area contributed by atoms with Crippen LogP contribution in [0.15, 0.2) is 0 Å². The lowest BCUT2D eigenvalue weighted by Crippen LogP contribution is -2.65. The molecule has 1 unspecified atom stereocenters.